The van der Waals surface area contributed by atoms with Crippen LogP contribution in [0.1, 0.15) is 0 Å². The van der Waals surface area contributed by atoms with Gasteiger partial charge in [-0.1, -0.05) is 6.08 Å². The Hall–Kier alpha value is -1.04. The summed E-state index contributed by atoms with van der Waals surface area (Å²) in [5.41, 5.74) is 0. The highest BCUT2D eigenvalue weighted by Gasteiger charge is 2.31. The maximum atomic E-state index is 11.4. The van der Waals surface area contributed by atoms with Gasteiger partial charge in [-0.3, -0.25) is 9.53 Å². The first-order valence-corrected chi connectivity index (χ1v) is 2.93. The van der Waals surface area contributed by atoms with E-state index in [-0.39, 0.29) is 0 Å². The molecule has 1 N–H and O–H groups in total. The van der Waals surface area contributed by atoms with Gasteiger partial charge in [0.1, 0.15) is 0 Å². The first-order chi connectivity index (χ1) is 5.37. The van der Waals surface area contributed by atoms with E-state index < -0.39 is 24.9 Å². The first kappa shape index (κ1) is 11.0. The van der Waals surface area contributed by atoms with Crippen molar-refractivity contribution in [2.24, 2.45) is 5.92 Å². The third-order valence-corrected chi connectivity index (χ3v) is 1.03. The number of ether oxygens (including phenoxy) is 1. The molecule has 0 heterocycles. The molecular weight excluding hydrogens is 177 g/mol. The van der Waals surface area contributed by atoms with Gasteiger partial charge in [0, 0.05) is 0 Å². The number of carbonyl (C=O) groups is 1. The molecule has 1 atom stereocenters. The Balaban J connectivity index is 3.90. The predicted molar refractivity (Wildman–Crippen MR) is 33.3 cm³/mol. The SMILES string of the molecule is C=CC(COC(F)(F)F)C(=O)O. The maximum Gasteiger partial charge on any atom is 0.522 e. The Morgan fingerprint density at radius 2 is 2.17 bits per heavy atom. The molecule has 0 aromatic carbocycles. The van der Waals surface area contributed by atoms with Crippen LogP contribution in [-0.4, -0.2) is 24.0 Å². The van der Waals surface area contributed by atoms with E-state index in [1.807, 2.05) is 0 Å². The van der Waals surface area contributed by atoms with E-state index in [1.165, 1.54) is 0 Å². The van der Waals surface area contributed by atoms with Crippen molar-refractivity contribution < 1.29 is 27.8 Å². The highest BCUT2D eigenvalue weighted by atomic mass is 19.4. The number of halogens is 3. The van der Waals surface area contributed by atoms with Crippen molar-refractivity contribution in [2.75, 3.05) is 6.61 Å². The molecule has 6 heteroatoms. The van der Waals surface area contributed by atoms with Crippen molar-refractivity contribution in [3.63, 3.8) is 0 Å². The second kappa shape index (κ2) is 4.10. The number of carboxylic acids is 1. The Bertz CT molecular complexity index is 175. The second-order valence-corrected chi connectivity index (χ2v) is 1.94. The van der Waals surface area contributed by atoms with Gasteiger partial charge in [0.2, 0.25) is 0 Å². The average molecular weight is 184 g/mol. The maximum absolute atomic E-state index is 11.4. The Kier molecular flexibility index (Phi) is 3.75. The van der Waals surface area contributed by atoms with E-state index in [0.717, 1.165) is 6.08 Å². The Morgan fingerprint density at radius 3 is 2.42 bits per heavy atom. The predicted octanol–water partition coefficient (Wildman–Crippen LogP) is 1.41. The van der Waals surface area contributed by atoms with Crippen molar-refractivity contribution >= 4 is 5.97 Å². The molecule has 0 bridgehead atoms. The van der Waals surface area contributed by atoms with Gasteiger partial charge in [-0.25, -0.2) is 0 Å². The molecule has 0 aromatic rings. The molecule has 0 rings (SSSR count). The summed E-state index contributed by atoms with van der Waals surface area (Å²) in [6.07, 6.45) is -3.91. The molecule has 0 aromatic heterocycles. The van der Waals surface area contributed by atoms with Crippen LogP contribution in [0.4, 0.5) is 13.2 Å². The fourth-order valence-electron chi connectivity index (χ4n) is 0.424. The molecule has 0 saturated heterocycles. The molecule has 0 fully saturated rings. The van der Waals surface area contributed by atoms with Crippen molar-refractivity contribution in [3.8, 4) is 0 Å². The van der Waals surface area contributed by atoms with Crippen LogP contribution in [-0.2, 0) is 9.53 Å². The van der Waals surface area contributed by atoms with Crippen LogP contribution < -0.4 is 0 Å². The number of carboxylic acid groups (broad SMARTS) is 1. The normalized spacial score (nSPS) is 13.9. The van der Waals surface area contributed by atoms with Crippen LogP contribution in [0.2, 0.25) is 0 Å². The smallest absolute Gasteiger partial charge is 0.481 e. The summed E-state index contributed by atoms with van der Waals surface area (Å²) in [7, 11) is 0. The van der Waals surface area contributed by atoms with Crippen molar-refractivity contribution in [3.05, 3.63) is 12.7 Å². The zero-order valence-corrected chi connectivity index (χ0v) is 5.97. The summed E-state index contributed by atoms with van der Waals surface area (Å²) >= 11 is 0. The van der Waals surface area contributed by atoms with Gasteiger partial charge in [0.15, 0.2) is 0 Å². The third-order valence-electron chi connectivity index (χ3n) is 1.03. The topological polar surface area (TPSA) is 46.5 Å². The van der Waals surface area contributed by atoms with Gasteiger partial charge in [-0.15, -0.1) is 19.8 Å². The number of rotatable bonds is 4. The number of hydrogen-bond donors (Lipinski definition) is 1. The minimum absolute atomic E-state index is 0.883. The van der Waals surface area contributed by atoms with E-state index in [0.29, 0.717) is 0 Å². The molecule has 0 aliphatic heterocycles. The molecule has 0 saturated carbocycles. The van der Waals surface area contributed by atoms with Gasteiger partial charge >= 0.3 is 12.3 Å². The molecule has 0 aliphatic rings. The Morgan fingerprint density at radius 1 is 1.67 bits per heavy atom. The lowest BCUT2D eigenvalue weighted by Gasteiger charge is -2.09. The molecule has 3 nitrogen and oxygen atoms in total. The fourth-order valence-corrected chi connectivity index (χ4v) is 0.424. The summed E-state index contributed by atoms with van der Waals surface area (Å²) in [6.45, 7) is 2.11. The van der Waals surface area contributed by atoms with Crippen LogP contribution in [0.3, 0.4) is 0 Å². The molecule has 0 spiro atoms. The quantitative estimate of drug-likeness (QED) is 0.672. The average Bonchev–Trinajstić information content (AvgIpc) is 1.85. The van der Waals surface area contributed by atoms with Crippen molar-refractivity contribution in [2.45, 2.75) is 6.36 Å². The van der Waals surface area contributed by atoms with Gasteiger partial charge < -0.3 is 5.11 Å². The van der Waals surface area contributed by atoms with E-state index >= 15 is 0 Å². The van der Waals surface area contributed by atoms with Gasteiger partial charge in [0.25, 0.3) is 0 Å². The number of hydrogen-bond acceptors (Lipinski definition) is 2. The first-order valence-electron chi connectivity index (χ1n) is 2.93. The van der Waals surface area contributed by atoms with Crippen LogP contribution in [0.15, 0.2) is 12.7 Å². The van der Waals surface area contributed by atoms with E-state index in [2.05, 4.69) is 11.3 Å². The minimum atomic E-state index is -4.79. The molecule has 0 aliphatic carbocycles. The molecule has 70 valence electrons. The van der Waals surface area contributed by atoms with E-state index in [4.69, 9.17) is 5.11 Å². The third kappa shape index (κ3) is 4.73. The molecule has 12 heavy (non-hydrogen) atoms. The lowest BCUT2D eigenvalue weighted by molar-refractivity contribution is -0.326. The molecule has 1 unspecified atom stereocenters. The van der Waals surface area contributed by atoms with Crippen LogP contribution >= 0.6 is 0 Å². The highest BCUT2D eigenvalue weighted by molar-refractivity contribution is 5.72. The zero-order chi connectivity index (χ0) is 9.78. The van der Waals surface area contributed by atoms with E-state index in [1.54, 1.807) is 0 Å². The highest BCUT2D eigenvalue weighted by Crippen LogP contribution is 2.17. The second-order valence-electron chi connectivity index (χ2n) is 1.94. The fraction of sp³-hybridized carbons (Fsp3) is 0.500. The minimum Gasteiger partial charge on any atom is -0.481 e. The summed E-state index contributed by atoms with van der Waals surface area (Å²) in [6, 6.07) is 0. The van der Waals surface area contributed by atoms with Crippen molar-refractivity contribution in [1.29, 1.82) is 0 Å². The van der Waals surface area contributed by atoms with Crippen LogP contribution in [0.5, 0.6) is 0 Å². The largest absolute Gasteiger partial charge is 0.522 e. The van der Waals surface area contributed by atoms with Gasteiger partial charge in [-0.05, 0) is 0 Å². The van der Waals surface area contributed by atoms with Gasteiger partial charge in [0.05, 0.1) is 12.5 Å². The zero-order valence-electron chi connectivity index (χ0n) is 5.97. The van der Waals surface area contributed by atoms with Crippen LogP contribution in [0, 0.1) is 5.92 Å². The molecule has 0 amide bonds. The summed E-state index contributed by atoms with van der Waals surface area (Å²) in [4.78, 5) is 10.1. The lowest BCUT2D eigenvalue weighted by Crippen LogP contribution is -2.23. The lowest BCUT2D eigenvalue weighted by atomic mass is 10.2. The van der Waals surface area contributed by atoms with Gasteiger partial charge in [-0.2, -0.15) is 0 Å². The summed E-state index contributed by atoms with van der Waals surface area (Å²) in [5, 5.41) is 8.25. The molecular formula is C6H7F3O3. The molecule has 0 radical (unpaired) electrons. The number of alkyl halides is 3. The van der Waals surface area contributed by atoms with Crippen LogP contribution in [0.25, 0.3) is 0 Å². The monoisotopic (exact) mass is 184 g/mol. The number of aliphatic carboxylic acids is 1. The standard InChI is InChI=1S/C6H7F3O3/c1-2-4(5(10)11)3-12-6(7,8)9/h2,4H,1,3H2,(H,10,11). The summed E-state index contributed by atoms with van der Waals surface area (Å²) < 4.78 is 37.4. The van der Waals surface area contributed by atoms with E-state index in [9.17, 15) is 18.0 Å². The summed E-state index contributed by atoms with van der Waals surface area (Å²) in [5.74, 6) is -2.72. The Labute approximate surface area is 66.4 Å². The van der Waals surface area contributed by atoms with Crippen molar-refractivity contribution in [1.82, 2.24) is 0 Å².